The summed E-state index contributed by atoms with van der Waals surface area (Å²) in [6.45, 7) is 0.725. The number of aromatic nitrogens is 1. The molecule has 0 unspecified atom stereocenters. The van der Waals surface area contributed by atoms with Crippen LogP contribution in [0.4, 0.5) is 0 Å². The summed E-state index contributed by atoms with van der Waals surface area (Å²) in [7, 11) is 0. The number of rotatable bonds is 4. The van der Waals surface area contributed by atoms with Gasteiger partial charge in [0.05, 0.1) is 6.07 Å². The van der Waals surface area contributed by atoms with Crippen LogP contribution >= 0.6 is 0 Å². The van der Waals surface area contributed by atoms with Crippen LogP contribution in [-0.2, 0) is 6.54 Å². The number of para-hydroxylation sites is 1. The fourth-order valence-electron chi connectivity index (χ4n) is 5.19. The third-order valence-corrected chi connectivity index (χ3v) is 6.97. The van der Waals surface area contributed by atoms with Gasteiger partial charge in [0.1, 0.15) is 5.75 Å². The van der Waals surface area contributed by atoms with Gasteiger partial charge >= 0.3 is 5.88 Å². The van der Waals surface area contributed by atoms with E-state index >= 15 is 0 Å². The van der Waals surface area contributed by atoms with Gasteiger partial charge in [0.2, 0.25) is 5.52 Å². The molecule has 0 saturated carbocycles. The van der Waals surface area contributed by atoms with Gasteiger partial charge in [-0.25, -0.2) is 0 Å². The van der Waals surface area contributed by atoms with E-state index < -0.39 is 0 Å². The van der Waals surface area contributed by atoms with Gasteiger partial charge in [0, 0.05) is 27.8 Å². The molecule has 0 N–H and O–H groups in total. The van der Waals surface area contributed by atoms with Gasteiger partial charge in [0.15, 0.2) is 6.54 Å². The number of hydrogen-bond donors (Lipinski definition) is 0. The average Bonchev–Trinajstić information content (AvgIpc) is 2.93. The Morgan fingerprint density at radius 2 is 1.11 bits per heavy atom. The van der Waals surface area contributed by atoms with E-state index in [1.165, 1.54) is 32.5 Å². The van der Waals surface area contributed by atoms with E-state index in [1.807, 2.05) is 0 Å². The van der Waals surface area contributed by atoms with E-state index in [1.54, 1.807) is 0 Å². The Morgan fingerprint density at radius 3 is 1.94 bits per heavy atom. The molecular formula is C34H24NO+. The van der Waals surface area contributed by atoms with E-state index in [2.05, 4.69) is 138 Å². The highest BCUT2D eigenvalue weighted by molar-refractivity contribution is 6.10. The van der Waals surface area contributed by atoms with Crippen LogP contribution in [0.3, 0.4) is 0 Å². The molecule has 36 heavy (non-hydrogen) atoms. The number of hydrogen-bond acceptors (Lipinski definition) is 1. The topological polar surface area (TPSA) is 13.1 Å². The quantitative estimate of drug-likeness (QED) is 0.189. The fourth-order valence-corrected chi connectivity index (χ4v) is 5.19. The molecule has 7 aromatic rings. The Kier molecular flexibility index (Phi) is 4.89. The molecule has 0 fully saturated rings. The summed E-state index contributed by atoms with van der Waals surface area (Å²) in [5, 5.41) is 8.21. The van der Waals surface area contributed by atoms with E-state index in [-0.39, 0.29) is 0 Å². The summed E-state index contributed by atoms with van der Waals surface area (Å²) in [5.41, 5.74) is 2.38. The molecule has 0 saturated heterocycles. The molecule has 0 bridgehead atoms. The lowest BCUT2D eigenvalue weighted by Crippen LogP contribution is -2.36. The van der Waals surface area contributed by atoms with Crippen LogP contribution in [0, 0.1) is 0 Å². The lowest BCUT2D eigenvalue weighted by molar-refractivity contribution is -0.666. The van der Waals surface area contributed by atoms with Crippen molar-refractivity contribution in [1.29, 1.82) is 0 Å². The molecule has 0 spiro atoms. The summed E-state index contributed by atoms with van der Waals surface area (Å²) in [5.74, 6) is 1.72. The molecule has 1 aromatic heterocycles. The van der Waals surface area contributed by atoms with E-state index in [0.717, 1.165) is 34.5 Å². The van der Waals surface area contributed by atoms with Crippen LogP contribution < -0.4 is 9.30 Å². The Morgan fingerprint density at radius 1 is 0.472 bits per heavy atom. The van der Waals surface area contributed by atoms with Crippen molar-refractivity contribution in [3.8, 4) is 11.6 Å². The molecule has 0 amide bonds. The van der Waals surface area contributed by atoms with Crippen LogP contribution in [0.5, 0.6) is 11.6 Å². The maximum Gasteiger partial charge on any atom is 0.374 e. The van der Waals surface area contributed by atoms with Crippen molar-refractivity contribution in [2.75, 3.05) is 0 Å². The van der Waals surface area contributed by atoms with Crippen molar-refractivity contribution in [3.63, 3.8) is 0 Å². The number of fused-ring (bicyclic) bond motifs is 4. The highest BCUT2D eigenvalue weighted by Crippen LogP contribution is 2.39. The molecule has 0 radical (unpaired) electrons. The maximum atomic E-state index is 6.93. The minimum absolute atomic E-state index is 0.725. The minimum Gasteiger partial charge on any atom is -0.404 e. The second kappa shape index (κ2) is 8.51. The molecule has 0 aliphatic rings. The number of benzene rings is 6. The SMILES string of the molecule is c1ccc(C[n+]2c(Oc3c4ccccc4cc4cc5ccccc5cc34)ccc3ccccc32)cc1. The average molecular weight is 463 g/mol. The second-order valence-corrected chi connectivity index (χ2v) is 9.25. The fraction of sp³-hybridized carbons (Fsp3) is 0.0294. The highest BCUT2D eigenvalue weighted by Gasteiger charge is 2.21. The Bertz CT molecular complexity index is 1880. The Balaban J connectivity index is 1.48. The standard InChI is InChI=1S/C34H24NO/c1-2-10-24(11-3-1)23-35-32-17-9-7-12-25(32)18-19-33(35)36-34-30-16-8-6-15-28(30)21-29-20-26-13-4-5-14-27(26)22-31(29)34/h1-22H,23H2/q+1. The zero-order chi connectivity index (χ0) is 23.9. The van der Waals surface area contributed by atoms with E-state index in [0.29, 0.717) is 0 Å². The van der Waals surface area contributed by atoms with Gasteiger partial charge in [-0.2, -0.15) is 4.57 Å². The largest absolute Gasteiger partial charge is 0.404 e. The molecule has 1 heterocycles. The summed E-state index contributed by atoms with van der Waals surface area (Å²) in [6, 6.07) is 47.1. The molecule has 0 atom stereocenters. The minimum atomic E-state index is 0.725. The van der Waals surface area contributed by atoms with E-state index in [4.69, 9.17) is 4.74 Å². The predicted octanol–water partition coefficient (Wildman–Crippen LogP) is 8.43. The van der Waals surface area contributed by atoms with Crippen molar-refractivity contribution in [2.45, 2.75) is 6.54 Å². The first-order valence-electron chi connectivity index (χ1n) is 12.3. The zero-order valence-electron chi connectivity index (χ0n) is 19.8. The first kappa shape index (κ1) is 20.7. The van der Waals surface area contributed by atoms with Crippen molar-refractivity contribution >= 4 is 43.2 Å². The van der Waals surface area contributed by atoms with Crippen molar-refractivity contribution in [3.05, 3.63) is 139 Å². The van der Waals surface area contributed by atoms with Crippen molar-refractivity contribution < 1.29 is 9.30 Å². The third-order valence-electron chi connectivity index (χ3n) is 6.97. The third kappa shape index (κ3) is 3.55. The molecule has 0 aliphatic carbocycles. The predicted molar refractivity (Wildman–Crippen MR) is 149 cm³/mol. The smallest absolute Gasteiger partial charge is 0.374 e. The number of nitrogens with zero attached hydrogens (tertiary/aromatic N) is 1. The Hall–Kier alpha value is -4.69. The van der Waals surface area contributed by atoms with Gasteiger partial charge in [0.25, 0.3) is 0 Å². The van der Waals surface area contributed by atoms with Gasteiger partial charge in [-0.3, -0.25) is 0 Å². The molecule has 0 aliphatic heterocycles. The van der Waals surface area contributed by atoms with Gasteiger partial charge in [-0.1, -0.05) is 91.0 Å². The van der Waals surface area contributed by atoms with Crippen LogP contribution in [0.15, 0.2) is 133 Å². The molecule has 2 nitrogen and oxygen atoms in total. The summed E-state index contributed by atoms with van der Waals surface area (Å²) >= 11 is 0. The van der Waals surface area contributed by atoms with Crippen LogP contribution in [0.2, 0.25) is 0 Å². The van der Waals surface area contributed by atoms with Gasteiger partial charge in [-0.15, -0.1) is 0 Å². The zero-order valence-corrected chi connectivity index (χ0v) is 19.8. The monoisotopic (exact) mass is 462 g/mol. The highest BCUT2D eigenvalue weighted by atomic mass is 16.5. The lowest BCUT2D eigenvalue weighted by atomic mass is 9.98. The Labute approximate surface area is 209 Å². The van der Waals surface area contributed by atoms with Crippen LogP contribution in [-0.4, -0.2) is 0 Å². The number of ether oxygens (including phenoxy) is 1. The molecule has 2 heteroatoms. The van der Waals surface area contributed by atoms with Crippen molar-refractivity contribution in [1.82, 2.24) is 0 Å². The summed E-state index contributed by atoms with van der Waals surface area (Å²) in [6.07, 6.45) is 0. The van der Waals surface area contributed by atoms with Gasteiger partial charge < -0.3 is 4.74 Å². The van der Waals surface area contributed by atoms with Crippen LogP contribution in [0.1, 0.15) is 5.56 Å². The van der Waals surface area contributed by atoms with E-state index in [9.17, 15) is 0 Å². The van der Waals surface area contributed by atoms with Crippen LogP contribution in [0.25, 0.3) is 43.2 Å². The van der Waals surface area contributed by atoms with Crippen molar-refractivity contribution in [2.24, 2.45) is 0 Å². The first-order chi connectivity index (χ1) is 17.8. The molecular weight excluding hydrogens is 438 g/mol. The number of pyridine rings is 1. The van der Waals surface area contributed by atoms with Gasteiger partial charge in [-0.05, 0) is 51.9 Å². The lowest BCUT2D eigenvalue weighted by Gasteiger charge is -2.14. The normalized spacial score (nSPS) is 11.4. The molecule has 7 rings (SSSR count). The maximum absolute atomic E-state index is 6.93. The second-order valence-electron chi connectivity index (χ2n) is 9.25. The molecule has 6 aromatic carbocycles. The summed E-state index contributed by atoms with van der Waals surface area (Å²) < 4.78 is 9.21. The molecule has 170 valence electrons. The summed E-state index contributed by atoms with van der Waals surface area (Å²) in [4.78, 5) is 0. The first-order valence-corrected chi connectivity index (χ1v) is 12.3.